The van der Waals surface area contributed by atoms with Crippen molar-refractivity contribution in [1.82, 2.24) is 0 Å². The molecule has 0 radical (unpaired) electrons. The molecule has 0 amide bonds. The molecule has 0 N–H and O–H groups in total. The minimum atomic E-state index is -4.34. The molecule has 0 aromatic heterocycles. The summed E-state index contributed by atoms with van der Waals surface area (Å²) in [7, 11) is 0. The normalized spacial score (nSPS) is 14.1. The predicted molar refractivity (Wildman–Crippen MR) is 108 cm³/mol. The van der Waals surface area contributed by atoms with Gasteiger partial charge in [-0.1, -0.05) is 49.4 Å². The average molecular weight is 381 g/mol. The third-order valence-corrected chi connectivity index (χ3v) is 5.36. The lowest BCUT2D eigenvalue weighted by molar-refractivity contribution is -0.137. The van der Waals surface area contributed by atoms with E-state index in [1.165, 1.54) is 23.3 Å². The van der Waals surface area contributed by atoms with Gasteiger partial charge in [-0.2, -0.15) is 13.2 Å². The van der Waals surface area contributed by atoms with Crippen molar-refractivity contribution < 1.29 is 13.2 Å². The van der Waals surface area contributed by atoms with Crippen LogP contribution in [0.25, 0.3) is 11.1 Å². The Labute approximate surface area is 163 Å². The second-order valence-corrected chi connectivity index (χ2v) is 7.20. The van der Waals surface area contributed by atoms with Gasteiger partial charge in [0.05, 0.1) is 5.56 Å². The summed E-state index contributed by atoms with van der Waals surface area (Å²) in [6, 6.07) is 20.4. The van der Waals surface area contributed by atoms with E-state index in [2.05, 4.69) is 49.4 Å². The molecule has 0 saturated carbocycles. The fourth-order valence-electron chi connectivity index (χ4n) is 3.84. The highest BCUT2D eigenvalue weighted by atomic mass is 19.4. The number of alkyl halides is 3. The van der Waals surface area contributed by atoms with E-state index in [9.17, 15) is 13.2 Å². The van der Waals surface area contributed by atoms with Crippen molar-refractivity contribution in [2.45, 2.75) is 32.4 Å². The second kappa shape index (κ2) is 7.34. The summed E-state index contributed by atoms with van der Waals surface area (Å²) in [6.07, 6.45) is -1.50. The van der Waals surface area contributed by atoms with Gasteiger partial charge >= 0.3 is 6.18 Å². The van der Waals surface area contributed by atoms with E-state index in [-0.39, 0.29) is 0 Å². The van der Waals surface area contributed by atoms with Crippen LogP contribution in [0.5, 0.6) is 0 Å². The molecule has 1 aliphatic rings. The third-order valence-electron chi connectivity index (χ3n) is 5.36. The molecule has 0 aliphatic carbocycles. The van der Waals surface area contributed by atoms with E-state index in [1.54, 1.807) is 6.07 Å². The van der Waals surface area contributed by atoms with Gasteiger partial charge in [0.1, 0.15) is 0 Å². The Hall–Kier alpha value is -2.75. The maximum atomic E-state index is 13.2. The maximum absolute atomic E-state index is 13.2. The molecule has 4 heteroatoms. The van der Waals surface area contributed by atoms with E-state index >= 15 is 0 Å². The molecule has 0 fully saturated rings. The van der Waals surface area contributed by atoms with Crippen molar-refractivity contribution >= 4 is 11.4 Å². The highest BCUT2D eigenvalue weighted by Crippen LogP contribution is 2.39. The lowest BCUT2D eigenvalue weighted by Crippen LogP contribution is -2.24. The Balaban J connectivity index is 1.76. The molecule has 0 atom stereocenters. The lowest BCUT2D eigenvalue weighted by Gasteiger charge is -2.32. The Morgan fingerprint density at radius 2 is 1.68 bits per heavy atom. The van der Waals surface area contributed by atoms with E-state index < -0.39 is 11.7 Å². The van der Waals surface area contributed by atoms with E-state index in [1.807, 2.05) is 4.90 Å². The summed E-state index contributed by atoms with van der Waals surface area (Å²) >= 11 is 0. The van der Waals surface area contributed by atoms with Gasteiger partial charge in [0.2, 0.25) is 0 Å². The predicted octanol–water partition coefficient (Wildman–Crippen LogP) is 7.02. The first-order valence-electron chi connectivity index (χ1n) is 9.63. The van der Waals surface area contributed by atoms with Crippen LogP contribution in [0.1, 0.15) is 30.0 Å². The van der Waals surface area contributed by atoms with Gasteiger partial charge < -0.3 is 4.90 Å². The number of rotatable bonds is 3. The van der Waals surface area contributed by atoms with Crippen molar-refractivity contribution in [2.75, 3.05) is 11.4 Å². The average Bonchev–Trinajstić information content (AvgIpc) is 2.72. The molecule has 1 nitrogen and oxygen atoms in total. The van der Waals surface area contributed by atoms with Crippen LogP contribution in [0, 0.1) is 0 Å². The summed E-state index contributed by atoms with van der Waals surface area (Å²) in [4.78, 5) is 2.02. The molecule has 144 valence electrons. The molecular weight excluding hydrogens is 359 g/mol. The van der Waals surface area contributed by atoms with Crippen LogP contribution < -0.4 is 4.90 Å². The largest absolute Gasteiger partial charge is 0.416 e. The lowest BCUT2D eigenvalue weighted by atomic mass is 9.95. The SMILES string of the molecule is CCc1cccc(-c2ccc3c(c2)N(c2cccc(C(F)(F)F)c2)CCC3)c1. The number of aryl methyl sites for hydroxylation is 2. The van der Waals surface area contributed by atoms with Gasteiger partial charge in [0, 0.05) is 17.9 Å². The Kier molecular flexibility index (Phi) is 4.88. The van der Waals surface area contributed by atoms with Crippen LogP contribution >= 0.6 is 0 Å². The standard InChI is InChI=1S/C24H22F3N/c1-2-17-6-3-7-19(14-17)20-12-11-18-8-5-13-28(23(18)15-20)22-10-4-9-21(16-22)24(25,26)27/h3-4,6-7,9-12,14-16H,2,5,8,13H2,1H3. The van der Waals surface area contributed by atoms with Crippen LogP contribution in [-0.4, -0.2) is 6.54 Å². The number of hydrogen-bond acceptors (Lipinski definition) is 1. The van der Waals surface area contributed by atoms with Gasteiger partial charge in [-0.25, -0.2) is 0 Å². The van der Waals surface area contributed by atoms with Crippen LogP contribution in [0.3, 0.4) is 0 Å². The highest BCUT2D eigenvalue weighted by molar-refractivity contribution is 5.76. The van der Waals surface area contributed by atoms with Crippen molar-refractivity contribution in [3.05, 3.63) is 83.4 Å². The molecule has 3 aromatic carbocycles. The van der Waals surface area contributed by atoms with Crippen LogP contribution in [-0.2, 0) is 19.0 Å². The quantitative estimate of drug-likeness (QED) is 0.471. The Morgan fingerprint density at radius 1 is 0.893 bits per heavy atom. The first-order chi connectivity index (χ1) is 13.5. The van der Waals surface area contributed by atoms with Gasteiger partial charge in [-0.05, 0) is 65.8 Å². The molecule has 1 heterocycles. The maximum Gasteiger partial charge on any atom is 0.416 e. The zero-order chi connectivity index (χ0) is 19.7. The van der Waals surface area contributed by atoms with Gasteiger partial charge in [0.15, 0.2) is 0 Å². The molecule has 0 saturated heterocycles. The van der Waals surface area contributed by atoms with Crippen LogP contribution in [0.15, 0.2) is 66.7 Å². The van der Waals surface area contributed by atoms with Crippen LogP contribution in [0.4, 0.5) is 24.5 Å². The smallest absolute Gasteiger partial charge is 0.341 e. The molecule has 0 unspecified atom stereocenters. The topological polar surface area (TPSA) is 3.24 Å². The monoisotopic (exact) mass is 381 g/mol. The molecule has 4 rings (SSSR count). The van der Waals surface area contributed by atoms with Gasteiger partial charge in [-0.15, -0.1) is 0 Å². The Morgan fingerprint density at radius 3 is 2.46 bits per heavy atom. The first kappa shape index (κ1) is 18.6. The Bertz CT molecular complexity index is 991. The summed E-state index contributed by atoms with van der Waals surface area (Å²) in [5.74, 6) is 0. The van der Waals surface area contributed by atoms with Crippen LogP contribution in [0.2, 0.25) is 0 Å². The van der Waals surface area contributed by atoms with E-state index in [0.717, 1.165) is 42.1 Å². The summed E-state index contributed by atoms with van der Waals surface area (Å²) in [5.41, 5.74) is 5.66. The third kappa shape index (κ3) is 3.64. The number of fused-ring (bicyclic) bond motifs is 1. The molecule has 1 aliphatic heterocycles. The molecule has 0 bridgehead atoms. The van der Waals surface area contributed by atoms with Crippen molar-refractivity contribution in [3.8, 4) is 11.1 Å². The number of halogens is 3. The number of hydrogen-bond donors (Lipinski definition) is 0. The highest BCUT2D eigenvalue weighted by Gasteiger charge is 2.31. The van der Waals surface area contributed by atoms with E-state index in [4.69, 9.17) is 0 Å². The van der Waals surface area contributed by atoms with Gasteiger partial charge in [0.25, 0.3) is 0 Å². The van der Waals surface area contributed by atoms with Crippen molar-refractivity contribution in [3.63, 3.8) is 0 Å². The fourth-order valence-corrected chi connectivity index (χ4v) is 3.84. The van der Waals surface area contributed by atoms with E-state index in [0.29, 0.717) is 12.2 Å². The molecule has 0 spiro atoms. The zero-order valence-corrected chi connectivity index (χ0v) is 15.8. The number of nitrogens with zero attached hydrogens (tertiary/aromatic N) is 1. The minimum Gasteiger partial charge on any atom is -0.341 e. The zero-order valence-electron chi connectivity index (χ0n) is 15.8. The molecular formula is C24H22F3N. The van der Waals surface area contributed by atoms with Crippen molar-refractivity contribution in [1.29, 1.82) is 0 Å². The summed E-state index contributed by atoms with van der Waals surface area (Å²) in [6.45, 7) is 2.84. The van der Waals surface area contributed by atoms with Gasteiger partial charge in [-0.3, -0.25) is 0 Å². The number of benzene rings is 3. The second-order valence-electron chi connectivity index (χ2n) is 7.20. The summed E-state index contributed by atoms with van der Waals surface area (Å²) < 4.78 is 39.5. The minimum absolute atomic E-state index is 0.593. The molecule has 28 heavy (non-hydrogen) atoms. The summed E-state index contributed by atoms with van der Waals surface area (Å²) in [5, 5.41) is 0. The fraction of sp³-hybridized carbons (Fsp3) is 0.250. The van der Waals surface area contributed by atoms with Crippen molar-refractivity contribution in [2.24, 2.45) is 0 Å². The molecule has 3 aromatic rings. The number of anilines is 2. The first-order valence-corrected chi connectivity index (χ1v) is 9.63.